The van der Waals surface area contributed by atoms with Crippen molar-refractivity contribution in [3.05, 3.63) is 99.1 Å². The Morgan fingerprint density at radius 3 is 1.38 bits per heavy atom. The van der Waals surface area contributed by atoms with Crippen LogP contribution < -0.4 is 4.74 Å². The molecule has 170 valence electrons. The Balaban J connectivity index is 1.90. The number of hydrogen-bond acceptors (Lipinski definition) is 2. The molecule has 0 aromatic heterocycles. The minimum absolute atomic E-state index is 0.00978. The summed E-state index contributed by atoms with van der Waals surface area (Å²) in [4.78, 5) is 0. The summed E-state index contributed by atoms with van der Waals surface area (Å²) in [6.07, 6.45) is 0.642. The Bertz CT molecular complexity index is 1360. The fourth-order valence-corrected chi connectivity index (χ4v) is 2.76. The van der Waals surface area contributed by atoms with Crippen LogP contribution in [-0.4, -0.2) is 6.61 Å². The van der Waals surface area contributed by atoms with Gasteiger partial charge in [0.2, 0.25) is 0 Å². The van der Waals surface area contributed by atoms with Crippen LogP contribution in [0.3, 0.4) is 0 Å². The topological polar surface area (TPSA) is 33.0 Å². The monoisotopic (exact) mass is 469 g/mol. The molecule has 0 amide bonds. The molecule has 0 radical (unpaired) electrons. The quantitative estimate of drug-likeness (QED) is 0.349. The van der Waals surface area contributed by atoms with Crippen molar-refractivity contribution in [2.45, 2.75) is 13.3 Å². The summed E-state index contributed by atoms with van der Waals surface area (Å²) >= 11 is 0. The van der Waals surface area contributed by atoms with Crippen molar-refractivity contribution in [1.29, 1.82) is 5.26 Å². The summed E-state index contributed by atoms with van der Waals surface area (Å²) in [7, 11) is 0. The van der Waals surface area contributed by atoms with Gasteiger partial charge in [-0.15, -0.1) is 0 Å². The number of hydrogen-bond donors (Lipinski definition) is 0. The summed E-state index contributed by atoms with van der Waals surface area (Å²) in [6, 6.07) is 6.37. The van der Waals surface area contributed by atoms with E-state index in [0.717, 1.165) is 36.4 Å². The van der Waals surface area contributed by atoms with Gasteiger partial charge in [-0.05, 0) is 30.7 Å². The van der Waals surface area contributed by atoms with E-state index >= 15 is 0 Å². The van der Waals surface area contributed by atoms with Gasteiger partial charge in [-0.3, -0.25) is 0 Å². The summed E-state index contributed by atoms with van der Waals surface area (Å²) in [5, 5.41) is 8.66. The maximum atomic E-state index is 14.4. The highest BCUT2D eigenvalue weighted by atomic mass is 19.2. The average molecular weight is 469 g/mol. The predicted molar refractivity (Wildman–Crippen MR) is 112 cm³/mol. The van der Waals surface area contributed by atoms with E-state index in [4.69, 9.17) is 10.00 Å². The summed E-state index contributed by atoms with van der Waals surface area (Å²) in [5.74, 6) is 2.23. The van der Waals surface area contributed by atoms with Gasteiger partial charge in [0.25, 0.3) is 0 Å². The zero-order valence-electron chi connectivity index (χ0n) is 17.5. The molecule has 3 rings (SSSR count). The first kappa shape index (κ1) is 24.3. The van der Waals surface area contributed by atoms with Crippen molar-refractivity contribution in [2.24, 2.45) is 0 Å². The van der Waals surface area contributed by atoms with Crippen molar-refractivity contribution in [3.63, 3.8) is 0 Å². The first-order valence-electron chi connectivity index (χ1n) is 9.77. The second-order valence-electron chi connectivity index (χ2n) is 6.85. The number of nitrogens with zero attached hydrogens (tertiary/aromatic N) is 1. The second-order valence-corrected chi connectivity index (χ2v) is 6.85. The lowest BCUT2D eigenvalue weighted by atomic mass is 10.1. The summed E-state index contributed by atoms with van der Waals surface area (Å²) in [5.41, 5.74) is -2.57. The molecule has 0 aliphatic rings. The Hall–Kier alpha value is -4.35. The van der Waals surface area contributed by atoms with Crippen molar-refractivity contribution >= 4 is 0 Å². The largest absolute Gasteiger partial charge is 0.493 e. The number of nitriles is 1. The third-order valence-electron chi connectivity index (χ3n) is 4.35. The van der Waals surface area contributed by atoms with Gasteiger partial charge in [0.05, 0.1) is 17.7 Å². The minimum atomic E-state index is -1.16. The standard InChI is InChI=1S/C26H13F6NO/c1-2-7-34-17-12-25(31)19(26(32)13-17)6-4-15-8-21(27)18(22(28)9-15)5-3-16-10-23(29)20(14-33)24(30)11-16/h8-13H,2,7H2,1H3. The predicted octanol–water partition coefficient (Wildman–Crippen LogP) is 5.98. The maximum Gasteiger partial charge on any atom is 0.145 e. The zero-order valence-corrected chi connectivity index (χ0v) is 17.5. The highest BCUT2D eigenvalue weighted by Crippen LogP contribution is 2.21. The van der Waals surface area contributed by atoms with Crippen LogP contribution in [0.4, 0.5) is 26.3 Å². The van der Waals surface area contributed by atoms with Crippen molar-refractivity contribution in [1.82, 2.24) is 0 Å². The van der Waals surface area contributed by atoms with E-state index in [1.165, 1.54) is 6.07 Å². The molecule has 3 aromatic rings. The molecule has 2 nitrogen and oxygen atoms in total. The molecule has 8 heteroatoms. The van der Waals surface area contributed by atoms with Crippen LogP contribution in [0.2, 0.25) is 0 Å². The van der Waals surface area contributed by atoms with Gasteiger partial charge >= 0.3 is 0 Å². The molecule has 0 saturated carbocycles. The van der Waals surface area contributed by atoms with Gasteiger partial charge in [0.15, 0.2) is 0 Å². The Labute approximate surface area is 191 Å². The van der Waals surface area contributed by atoms with Crippen LogP contribution in [0.5, 0.6) is 5.75 Å². The fourth-order valence-electron chi connectivity index (χ4n) is 2.76. The first-order chi connectivity index (χ1) is 16.2. The molecule has 0 N–H and O–H groups in total. The molecular weight excluding hydrogens is 456 g/mol. The first-order valence-corrected chi connectivity index (χ1v) is 9.77. The van der Waals surface area contributed by atoms with Crippen LogP contribution in [0.25, 0.3) is 0 Å². The number of ether oxygens (including phenoxy) is 1. The molecule has 0 bridgehead atoms. The SMILES string of the molecule is CCCOc1cc(F)c(C#Cc2cc(F)c(C#Cc3cc(F)c(C#N)c(F)c3)c(F)c2)c(F)c1. The van der Waals surface area contributed by atoms with Crippen LogP contribution in [0.15, 0.2) is 36.4 Å². The molecule has 0 spiro atoms. The highest BCUT2D eigenvalue weighted by Gasteiger charge is 2.13. The van der Waals surface area contributed by atoms with E-state index in [1.54, 1.807) is 0 Å². The molecule has 3 aromatic carbocycles. The lowest BCUT2D eigenvalue weighted by molar-refractivity contribution is 0.313. The molecule has 0 fully saturated rings. The molecule has 34 heavy (non-hydrogen) atoms. The van der Waals surface area contributed by atoms with Crippen LogP contribution >= 0.6 is 0 Å². The van der Waals surface area contributed by atoms with Crippen LogP contribution in [0, 0.1) is 69.9 Å². The molecular formula is C26H13F6NO. The van der Waals surface area contributed by atoms with E-state index < -0.39 is 51.6 Å². The minimum Gasteiger partial charge on any atom is -0.493 e. The van der Waals surface area contributed by atoms with E-state index in [9.17, 15) is 26.3 Å². The molecule has 0 heterocycles. The Kier molecular flexibility index (Phi) is 7.51. The Morgan fingerprint density at radius 2 is 1.00 bits per heavy atom. The van der Waals surface area contributed by atoms with Gasteiger partial charge in [-0.2, -0.15) is 5.26 Å². The third kappa shape index (κ3) is 5.52. The van der Waals surface area contributed by atoms with Gasteiger partial charge in [-0.1, -0.05) is 30.6 Å². The van der Waals surface area contributed by atoms with Gasteiger partial charge in [0, 0.05) is 23.3 Å². The van der Waals surface area contributed by atoms with E-state index in [0.29, 0.717) is 6.42 Å². The van der Waals surface area contributed by atoms with Gasteiger partial charge < -0.3 is 4.74 Å². The smallest absolute Gasteiger partial charge is 0.145 e. The lowest BCUT2D eigenvalue weighted by Gasteiger charge is -2.06. The number of benzene rings is 3. The molecule has 0 aliphatic heterocycles. The normalized spacial score (nSPS) is 9.94. The van der Waals surface area contributed by atoms with Crippen molar-refractivity contribution in [2.75, 3.05) is 6.61 Å². The Morgan fingerprint density at radius 1 is 0.618 bits per heavy atom. The molecule has 0 saturated heterocycles. The van der Waals surface area contributed by atoms with E-state index in [-0.39, 0.29) is 23.5 Å². The third-order valence-corrected chi connectivity index (χ3v) is 4.35. The number of rotatable bonds is 3. The molecule has 0 aliphatic carbocycles. The van der Waals surface area contributed by atoms with Crippen LogP contribution in [-0.2, 0) is 0 Å². The second kappa shape index (κ2) is 10.5. The van der Waals surface area contributed by atoms with E-state index in [1.807, 2.05) is 6.92 Å². The molecule has 0 unspecified atom stereocenters. The zero-order chi connectivity index (χ0) is 24.8. The lowest BCUT2D eigenvalue weighted by Crippen LogP contribution is -1.98. The van der Waals surface area contributed by atoms with E-state index in [2.05, 4.69) is 23.7 Å². The van der Waals surface area contributed by atoms with Crippen molar-refractivity contribution < 1.29 is 31.1 Å². The summed E-state index contributed by atoms with van der Waals surface area (Å²) < 4.78 is 89.6. The number of halogens is 6. The van der Waals surface area contributed by atoms with Gasteiger partial charge in [-0.25, -0.2) is 26.3 Å². The molecule has 0 atom stereocenters. The highest BCUT2D eigenvalue weighted by molar-refractivity contribution is 5.51. The van der Waals surface area contributed by atoms with Crippen LogP contribution in [0.1, 0.15) is 41.2 Å². The fraction of sp³-hybridized carbons (Fsp3) is 0.115. The maximum absolute atomic E-state index is 14.4. The summed E-state index contributed by atoms with van der Waals surface area (Å²) in [6.45, 7) is 2.10. The van der Waals surface area contributed by atoms with Crippen molar-refractivity contribution in [3.8, 4) is 35.5 Å². The average Bonchev–Trinajstić information content (AvgIpc) is 2.76. The van der Waals surface area contributed by atoms with Gasteiger partial charge in [0.1, 0.15) is 52.3 Å².